The third-order valence-electron chi connectivity index (χ3n) is 5.46. The molecule has 1 radical (unpaired) electrons. The molecule has 2 fully saturated rings. The first kappa shape index (κ1) is 32.1. The Hall–Kier alpha value is 1.12. The molecule has 31 heavy (non-hydrogen) atoms. The van der Waals surface area contributed by atoms with Crippen LogP contribution in [0.1, 0.15) is 20.8 Å². The van der Waals surface area contributed by atoms with Crippen LogP contribution in [-0.4, -0.2) is 128 Å². The Morgan fingerprint density at radius 3 is 1.68 bits per heavy atom. The Labute approximate surface area is 205 Å². The Morgan fingerprint density at radius 1 is 0.742 bits per heavy atom. The van der Waals surface area contributed by atoms with Crippen molar-refractivity contribution < 1.29 is 72.3 Å². The van der Waals surface area contributed by atoms with E-state index in [2.05, 4.69) is 20.8 Å². The molecular formula is C18H37AuO10PS. The summed E-state index contributed by atoms with van der Waals surface area (Å²) in [5.74, 6) is 0. The van der Waals surface area contributed by atoms with Gasteiger partial charge in [0.15, 0.2) is 6.29 Å². The molecule has 2 heterocycles. The summed E-state index contributed by atoms with van der Waals surface area (Å²) in [7, 11) is 0.137. The Bertz CT molecular complexity index is 471. The third kappa shape index (κ3) is 8.69. The van der Waals surface area contributed by atoms with E-state index in [-0.39, 0.29) is 30.3 Å². The first-order valence-electron chi connectivity index (χ1n) is 10.2. The van der Waals surface area contributed by atoms with E-state index >= 15 is 0 Å². The number of hydrogen-bond acceptors (Lipinski definition) is 11. The van der Waals surface area contributed by atoms with Crippen LogP contribution in [0.5, 0.6) is 0 Å². The van der Waals surface area contributed by atoms with Crippen molar-refractivity contribution in [1.82, 2.24) is 0 Å². The van der Waals surface area contributed by atoms with Gasteiger partial charge in [-0.1, -0.05) is 0 Å². The largest absolute Gasteiger partial charge is 0.759 e. The van der Waals surface area contributed by atoms with Crippen LogP contribution >= 0.6 is 7.92 Å². The second-order valence-corrected chi connectivity index (χ2v) is 11.4. The van der Waals surface area contributed by atoms with Crippen LogP contribution in [0.3, 0.4) is 0 Å². The quantitative estimate of drug-likeness (QED) is 0.0861. The van der Waals surface area contributed by atoms with Crippen LogP contribution in [-0.2, 0) is 49.2 Å². The van der Waals surface area contributed by atoms with E-state index in [1.165, 1.54) is 18.5 Å². The van der Waals surface area contributed by atoms with Gasteiger partial charge in [-0.3, -0.25) is 0 Å². The molecule has 2 rings (SSSR count). The molecule has 2 aliphatic heterocycles. The molecule has 4 unspecified atom stereocenters. The van der Waals surface area contributed by atoms with E-state index in [0.29, 0.717) is 0 Å². The Kier molecular flexibility index (Phi) is 16.5. The van der Waals surface area contributed by atoms with Crippen molar-refractivity contribution >= 4 is 20.6 Å². The van der Waals surface area contributed by atoms with Crippen molar-refractivity contribution in [2.24, 2.45) is 0 Å². The first-order chi connectivity index (χ1) is 14.2. The van der Waals surface area contributed by atoms with E-state index < -0.39 is 73.8 Å². The number of aliphatic hydroxyl groups is 7. The molecule has 2 saturated heterocycles. The van der Waals surface area contributed by atoms with Gasteiger partial charge in [0.1, 0.15) is 42.7 Å². The summed E-state index contributed by atoms with van der Waals surface area (Å²) in [6, 6.07) is 0. The van der Waals surface area contributed by atoms with Crippen LogP contribution in [0.25, 0.3) is 0 Å². The molecule has 0 aromatic heterocycles. The molecule has 0 bridgehead atoms. The zero-order chi connectivity index (χ0) is 23.0. The van der Waals surface area contributed by atoms with E-state index in [1.54, 1.807) is 0 Å². The second-order valence-electron chi connectivity index (χ2n) is 7.32. The molecule has 10 nitrogen and oxygen atoms in total. The molecule has 0 saturated carbocycles. The smallest absolute Gasteiger partial charge is 0.187 e. The Morgan fingerprint density at radius 2 is 1.26 bits per heavy atom. The van der Waals surface area contributed by atoms with Gasteiger partial charge in [0.25, 0.3) is 0 Å². The predicted octanol–water partition coefficient (Wildman–Crippen LogP) is -2.58. The molecule has 7 N–H and O–H groups in total. The number of rotatable bonds is 7. The van der Waals surface area contributed by atoms with Gasteiger partial charge in [-0.15, -0.1) is 0 Å². The summed E-state index contributed by atoms with van der Waals surface area (Å²) in [6.45, 7) is 5.69. The van der Waals surface area contributed by atoms with E-state index in [9.17, 15) is 30.6 Å². The minimum Gasteiger partial charge on any atom is -0.759 e. The summed E-state index contributed by atoms with van der Waals surface area (Å²) in [4.78, 5) is 0. The van der Waals surface area contributed by atoms with Gasteiger partial charge in [0.05, 0.1) is 37.8 Å². The monoisotopic (exact) mass is 673 g/mol. The molecule has 0 aliphatic carbocycles. The van der Waals surface area contributed by atoms with Crippen LogP contribution in [0.15, 0.2) is 0 Å². The van der Waals surface area contributed by atoms with Crippen LogP contribution in [0.4, 0.5) is 0 Å². The zero-order valence-corrected chi connectivity index (χ0v) is 21.9. The molecule has 0 spiro atoms. The number of ether oxygens (including phenoxy) is 3. The first-order valence-corrected chi connectivity index (χ1v) is 12.8. The maximum Gasteiger partial charge on any atom is 0.187 e. The van der Waals surface area contributed by atoms with Crippen LogP contribution < -0.4 is 0 Å². The van der Waals surface area contributed by atoms with Crippen molar-refractivity contribution in [2.45, 2.75) is 81.3 Å². The minimum atomic E-state index is -1.68. The van der Waals surface area contributed by atoms with Crippen LogP contribution in [0, 0.1) is 0 Å². The van der Waals surface area contributed by atoms with Crippen molar-refractivity contribution in [1.29, 1.82) is 0 Å². The SMILES string of the molecule is CC[PH+](CC)CC.OCC1O[C@H](O[C@@H]2C(CO)O[C@@H]([S-])C(O)[C@H]2O)C(O)[C@@H](O)[C@@H]1O.[Au]. The minimum absolute atomic E-state index is 0. The predicted molar refractivity (Wildman–Crippen MR) is 114 cm³/mol. The summed E-state index contributed by atoms with van der Waals surface area (Å²) in [5, 5.41) is 67.5. The molecular weight excluding hydrogens is 636 g/mol. The van der Waals surface area contributed by atoms with Gasteiger partial charge in [-0.2, -0.15) is 0 Å². The average Bonchev–Trinajstić information content (AvgIpc) is 2.75. The van der Waals surface area contributed by atoms with Gasteiger partial charge < -0.3 is 62.6 Å². The van der Waals surface area contributed by atoms with Crippen molar-refractivity contribution in [3.63, 3.8) is 0 Å². The number of aliphatic hydroxyl groups excluding tert-OH is 7. The summed E-state index contributed by atoms with van der Waals surface area (Å²) < 4.78 is 15.6. The van der Waals surface area contributed by atoms with Gasteiger partial charge in [-0.25, -0.2) is 0 Å². The van der Waals surface area contributed by atoms with Crippen molar-refractivity contribution in [3.05, 3.63) is 0 Å². The molecule has 0 aromatic rings. The summed E-state index contributed by atoms with van der Waals surface area (Å²) in [5.41, 5.74) is -1.16. The average molecular weight is 673 g/mol. The molecule has 2 aliphatic rings. The molecule has 10 atom stereocenters. The third-order valence-corrected chi connectivity index (χ3v) is 8.85. The fourth-order valence-electron chi connectivity index (χ4n) is 3.31. The van der Waals surface area contributed by atoms with E-state index in [4.69, 9.17) is 31.9 Å². The number of hydrogen-bond donors (Lipinski definition) is 7. The standard InChI is InChI=1S/C12H22O10S.C6H15P.Au/c13-1-3-5(15)6(16)8(18)11(20-3)22-10-4(2-14)21-12(23)9(19)7(10)17;1-4-7(5-2)6-3;/h3-19,23H,1-2H2;4-6H2,1-3H3;/t3?,4?,5-,6+,7-,8?,9?,10-,11-,12+;;/m1../s1. The molecule has 0 amide bonds. The maximum atomic E-state index is 10.0. The maximum absolute atomic E-state index is 10.0. The van der Waals surface area contributed by atoms with Gasteiger partial charge in [0.2, 0.25) is 0 Å². The topological polar surface area (TPSA) is 169 Å². The van der Waals surface area contributed by atoms with Gasteiger partial charge >= 0.3 is 0 Å². The Balaban J connectivity index is 0.000000975. The summed E-state index contributed by atoms with van der Waals surface area (Å²) in [6.07, 6.45) is -8.65. The normalized spacial score (nSPS) is 40.6. The molecule has 191 valence electrons. The fraction of sp³-hybridized carbons (Fsp3) is 1.00. The zero-order valence-electron chi connectivity index (χ0n) is 17.9. The summed E-state index contributed by atoms with van der Waals surface area (Å²) >= 11 is 4.80. The van der Waals surface area contributed by atoms with E-state index in [1.807, 2.05) is 0 Å². The van der Waals surface area contributed by atoms with Crippen LogP contribution in [0.2, 0.25) is 0 Å². The molecule has 0 aromatic carbocycles. The second kappa shape index (κ2) is 15.9. The fourth-order valence-corrected chi connectivity index (χ4v) is 5.11. The van der Waals surface area contributed by atoms with E-state index in [0.717, 1.165) is 0 Å². The van der Waals surface area contributed by atoms with Gasteiger partial charge in [-0.05, 0) is 34.1 Å². The van der Waals surface area contributed by atoms with Crippen molar-refractivity contribution in [3.8, 4) is 0 Å². The molecule has 13 heteroatoms. The van der Waals surface area contributed by atoms with Gasteiger partial charge in [0, 0.05) is 22.4 Å². The van der Waals surface area contributed by atoms with Crippen molar-refractivity contribution in [2.75, 3.05) is 31.7 Å².